The second-order valence-corrected chi connectivity index (χ2v) is 4.39. The Morgan fingerprint density at radius 3 is 2.76 bits per heavy atom. The van der Waals surface area contributed by atoms with Crippen LogP contribution in [0.25, 0.3) is 11.0 Å². The van der Waals surface area contributed by atoms with Crippen LogP contribution >= 0.6 is 0 Å². The number of nitrogens with two attached hydrogens (primary N) is 1. The largest absolute Gasteiger partial charge is 0.466 e. The maximum Gasteiger partial charge on any atom is 0.449 e. The van der Waals surface area contributed by atoms with Gasteiger partial charge in [0.2, 0.25) is 5.82 Å². The number of nitrogen functional groups attached to an aromatic ring is 1. The van der Waals surface area contributed by atoms with Gasteiger partial charge in [-0.05, 0) is 25.1 Å². The molecule has 5 nitrogen and oxygen atoms in total. The van der Waals surface area contributed by atoms with Gasteiger partial charge in [-0.2, -0.15) is 13.2 Å². The number of fused-ring (bicyclic) bond motifs is 1. The smallest absolute Gasteiger partial charge is 0.449 e. The first kappa shape index (κ1) is 15.1. The second-order valence-electron chi connectivity index (χ2n) is 4.39. The number of rotatable bonds is 4. The van der Waals surface area contributed by atoms with E-state index in [1.165, 1.54) is 18.2 Å². The van der Waals surface area contributed by atoms with Crippen molar-refractivity contribution in [1.82, 2.24) is 9.55 Å². The third-order valence-corrected chi connectivity index (χ3v) is 2.87. The summed E-state index contributed by atoms with van der Waals surface area (Å²) >= 11 is 0. The van der Waals surface area contributed by atoms with Gasteiger partial charge in [-0.25, -0.2) is 4.98 Å². The Morgan fingerprint density at radius 1 is 1.43 bits per heavy atom. The number of imidazole rings is 1. The molecule has 0 bridgehead atoms. The number of aromatic nitrogens is 2. The SMILES string of the molecule is CCOC(=O)CCn1c(C(F)(F)F)nc2cc(N)ccc21. The molecule has 2 N–H and O–H groups in total. The minimum atomic E-state index is -4.61. The minimum absolute atomic E-state index is 0.145. The summed E-state index contributed by atoms with van der Waals surface area (Å²) in [5.74, 6) is -1.60. The number of anilines is 1. The number of ether oxygens (including phenoxy) is 1. The zero-order valence-electron chi connectivity index (χ0n) is 11.3. The summed E-state index contributed by atoms with van der Waals surface area (Å²) in [5, 5.41) is 0. The summed E-state index contributed by atoms with van der Waals surface area (Å²) in [7, 11) is 0. The molecular formula is C13H14F3N3O2. The molecule has 1 aromatic heterocycles. The van der Waals surface area contributed by atoms with Gasteiger partial charge in [0.15, 0.2) is 0 Å². The molecule has 2 rings (SSSR count). The van der Waals surface area contributed by atoms with Crippen molar-refractivity contribution in [3.8, 4) is 0 Å². The van der Waals surface area contributed by atoms with Gasteiger partial charge in [-0.1, -0.05) is 0 Å². The summed E-state index contributed by atoms with van der Waals surface area (Å²) in [6.45, 7) is 1.66. The normalized spacial score (nSPS) is 11.8. The van der Waals surface area contributed by atoms with E-state index >= 15 is 0 Å². The van der Waals surface area contributed by atoms with Crippen LogP contribution in [0.5, 0.6) is 0 Å². The van der Waals surface area contributed by atoms with Gasteiger partial charge < -0.3 is 15.0 Å². The zero-order chi connectivity index (χ0) is 15.6. The number of alkyl halides is 3. The van der Waals surface area contributed by atoms with Crippen molar-refractivity contribution in [2.24, 2.45) is 0 Å². The topological polar surface area (TPSA) is 70.1 Å². The number of carbonyl (C=O) groups is 1. The van der Waals surface area contributed by atoms with Gasteiger partial charge in [0.1, 0.15) is 0 Å². The van der Waals surface area contributed by atoms with Crippen LogP contribution in [0.4, 0.5) is 18.9 Å². The fraction of sp³-hybridized carbons (Fsp3) is 0.385. The molecule has 0 aliphatic heterocycles. The summed E-state index contributed by atoms with van der Waals surface area (Å²) in [6, 6.07) is 4.31. The summed E-state index contributed by atoms with van der Waals surface area (Å²) < 4.78 is 44.8. The lowest BCUT2D eigenvalue weighted by Crippen LogP contribution is -2.17. The number of benzene rings is 1. The van der Waals surface area contributed by atoms with Gasteiger partial charge in [-0.15, -0.1) is 0 Å². The van der Waals surface area contributed by atoms with Crippen LogP contribution in [0.3, 0.4) is 0 Å². The molecule has 1 aromatic carbocycles. The first-order chi connectivity index (χ1) is 9.82. The molecular weight excluding hydrogens is 287 g/mol. The highest BCUT2D eigenvalue weighted by Crippen LogP contribution is 2.32. The Balaban J connectivity index is 2.41. The van der Waals surface area contributed by atoms with Crippen molar-refractivity contribution in [1.29, 1.82) is 0 Å². The number of aryl methyl sites for hydroxylation is 1. The summed E-state index contributed by atoms with van der Waals surface area (Å²) in [5.41, 5.74) is 6.30. The molecule has 0 saturated carbocycles. The van der Waals surface area contributed by atoms with Gasteiger partial charge in [0.05, 0.1) is 24.1 Å². The van der Waals surface area contributed by atoms with Crippen LogP contribution in [0, 0.1) is 0 Å². The predicted octanol–water partition coefficient (Wildman–Crippen LogP) is 2.59. The molecule has 2 aromatic rings. The molecule has 1 heterocycles. The summed E-state index contributed by atoms with van der Waals surface area (Å²) in [4.78, 5) is 14.9. The number of nitrogens with zero attached hydrogens (tertiary/aromatic N) is 2. The van der Waals surface area contributed by atoms with Crippen LogP contribution in [0.1, 0.15) is 19.2 Å². The molecule has 8 heteroatoms. The Hall–Kier alpha value is -2.25. The van der Waals surface area contributed by atoms with E-state index in [0.717, 1.165) is 4.57 Å². The Kier molecular flexibility index (Phi) is 4.06. The molecule has 0 fully saturated rings. The highest BCUT2D eigenvalue weighted by Gasteiger charge is 2.37. The maximum atomic E-state index is 13.0. The number of carbonyl (C=O) groups excluding carboxylic acids is 1. The lowest BCUT2D eigenvalue weighted by atomic mass is 10.3. The molecule has 0 aliphatic carbocycles. The molecule has 0 saturated heterocycles. The Labute approximate surface area is 118 Å². The second kappa shape index (κ2) is 5.63. The van der Waals surface area contributed by atoms with Crippen LogP contribution in [-0.2, 0) is 22.3 Å². The van der Waals surface area contributed by atoms with Gasteiger partial charge in [-0.3, -0.25) is 4.79 Å². The van der Waals surface area contributed by atoms with Crippen molar-refractivity contribution in [3.05, 3.63) is 24.0 Å². The fourth-order valence-electron chi connectivity index (χ4n) is 2.03. The van der Waals surface area contributed by atoms with E-state index in [2.05, 4.69) is 4.98 Å². The van der Waals surface area contributed by atoms with E-state index in [9.17, 15) is 18.0 Å². The van der Waals surface area contributed by atoms with Gasteiger partial charge >= 0.3 is 12.1 Å². The molecule has 0 atom stereocenters. The quantitative estimate of drug-likeness (QED) is 0.696. The molecule has 114 valence electrons. The average molecular weight is 301 g/mol. The van der Waals surface area contributed by atoms with Crippen molar-refractivity contribution in [3.63, 3.8) is 0 Å². The molecule has 0 unspecified atom stereocenters. The van der Waals surface area contributed by atoms with Crippen molar-refractivity contribution in [2.75, 3.05) is 12.3 Å². The molecule has 0 aliphatic rings. The minimum Gasteiger partial charge on any atom is -0.466 e. The number of esters is 1. The predicted molar refractivity (Wildman–Crippen MR) is 70.4 cm³/mol. The fourth-order valence-corrected chi connectivity index (χ4v) is 2.03. The lowest BCUT2D eigenvalue weighted by molar-refractivity contribution is -0.149. The van der Waals surface area contributed by atoms with Crippen molar-refractivity contribution >= 4 is 22.7 Å². The van der Waals surface area contributed by atoms with E-state index in [0.29, 0.717) is 5.69 Å². The van der Waals surface area contributed by atoms with Crippen molar-refractivity contribution < 1.29 is 22.7 Å². The zero-order valence-corrected chi connectivity index (χ0v) is 11.3. The van der Waals surface area contributed by atoms with E-state index in [1.807, 2.05) is 0 Å². The number of halogens is 3. The van der Waals surface area contributed by atoms with Crippen molar-refractivity contribution in [2.45, 2.75) is 26.1 Å². The Morgan fingerprint density at radius 2 is 2.14 bits per heavy atom. The van der Waals surface area contributed by atoms with E-state index in [4.69, 9.17) is 10.5 Å². The Bertz CT molecular complexity index is 664. The third-order valence-electron chi connectivity index (χ3n) is 2.87. The van der Waals surface area contributed by atoms with Crippen LogP contribution in [0.2, 0.25) is 0 Å². The number of hydrogen-bond donors (Lipinski definition) is 1. The standard InChI is InChI=1S/C13H14F3N3O2/c1-2-21-11(20)5-6-19-10-4-3-8(17)7-9(10)18-12(19)13(14,15)16/h3-4,7H,2,5-6,17H2,1H3. The number of hydrogen-bond acceptors (Lipinski definition) is 4. The first-order valence-corrected chi connectivity index (χ1v) is 6.31. The molecule has 0 radical (unpaired) electrons. The van der Waals surface area contributed by atoms with Crippen LogP contribution in [-0.4, -0.2) is 22.1 Å². The molecule has 0 spiro atoms. The monoisotopic (exact) mass is 301 g/mol. The van der Waals surface area contributed by atoms with Gasteiger partial charge in [0.25, 0.3) is 0 Å². The van der Waals surface area contributed by atoms with Crippen LogP contribution < -0.4 is 5.73 Å². The van der Waals surface area contributed by atoms with Gasteiger partial charge in [0, 0.05) is 12.2 Å². The first-order valence-electron chi connectivity index (χ1n) is 6.31. The highest BCUT2D eigenvalue weighted by molar-refractivity contribution is 5.80. The van der Waals surface area contributed by atoms with E-state index < -0.39 is 18.0 Å². The molecule has 0 amide bonds. The van der Waals surface area contributed by atoms with Crippen LogP contribution in [0.15, 0.2) is 18.2 Å². The summed E-state index contributed by atoms with van der Waals surface area (Å²) in [6.07, 6.45) is -4.77. The maximum absolute atomic E-state index is 13.0. The molecule has 21 heavy (non-hydrogen) atoms. The third kappa shape index (κ3) is 3.26. The average Bonchev–Trinajstić information content (AvgIpc) is 2.74. The van der Waals surface area contributed by atoms with E-state index in [-0.39, 0.29) is 30.6 Å². The highest BCUT2D eigenvalue weighted by atomic mass is 19.4. The lowest BCUT2D eigenvalue weighted by Gasteiger charge is -2.11. The van der Waals surface area contributed by atoms with E-state index in [1.54, 1.807) is 6.92 Å².